The first kappa shape index (κ1) is 13.2. The van der Waals surface area contributed by atoms with Crippen LogP contribution in [0.2, 0.25) is 0 Å². The molecular weight excluding hydrogens is 241 g/mol. The van der Waals surface area contributed by atoms with Crippen LogP contribution in [0.1, 0.15) is 18.4 Å². The van der Waals surface area contributed by atoms with Gasteiger partial charge in [-0.05, 0) is 44.2 Å². The zero-order valence-corrected chi connectivity index (χ0v) is 10.3. The molecule has 1 aliphatic rings. The van der Waals surface area contributed by atoms with Crippen LogP contribution in [0, 0.1) is 0 Å². The fourth-order valence-corrected chi connectivity index (χ4v) is 2.47. The quantitative estimate of drug-likeness (QED) is 0.896. The van der Waals surface area contributed by atoms with Crippen molar-refractivity contribution in [2.45, 2.75) is 25.1 Å². The van der Waals surface area contributed by atoms with Crippen molar-refractivity contribution in [3.63, 3.8) is 0 Å². The van der Waals surface area contributed by atoms with Crippen LogP contribution in [0.15, 0.2) is 24.3 Å². The number of halogens is 3. The fraction of sp³-hybridized carbons (Fsp3) is 0.538. The molecule has 0 amide bonds. The van der Waals surface area contributed by atoms with Crippen molar-refractivity contribution in [3.05, 3.63) is 29.8 Å². The van der Waals surface area contributed by atoms with Crippen molar-refractivity contribution in [3.8, 4) is 0 Å². The van der Waals surface area contributed by atoms with E-state index in [1.807, 2.05) is 7.05 Å². The first-order valence-corrected chi connectivity index (χ1v) is 6.11. The summed E-state index contributed by atoms with van der Waals surface area (Å²) in [6.45, 7) is 1.78. The van der Waals surface area contributed by atoms with Crippen LogP contribution in [0.4, 0.5) is 18.9 Å². The van der Waals surface area contributed by atoms with Crippen molar-refractivity contribution in [1.29, 1.82) is 0 Å². The molecule has 5 heteroatoms. The zero-order valence-electron chi connectivity index (χ0n) is 10.3. The smallest absolute Gasteiger partial charge is 0.367 e. The van der Waals surface area contributed by atoms with Crippen LogP contribution in [0.5, 0.6) is 0 Å². The van der Waals surface area contributed by atoms with E-state index < -0.39 is 11.7 Å². The molecule has 1 unspecified atom stereocenters. The predicted molar refractivity (Wildman–Crippen MR) is 65.7 cm³/mol. The number of alkyl halides is 3. The molecule has 0 aromatic heterocycles. The summed E-state index contributed by atoms with van der Waals surface area (Å²) < 4.78 is 37.4. The van der Waals surface area contributed by atoms with Gasteiger partial charge in [-0.1, -0.05) is 0 Å². The second kappa shape index (κ2) is 5.18. The first-order chi connectivity index (χ1) is 8.52. The van der Waals surface area contributed by atoms with Gasteiger partial charge in [0.25, 0.3) is 0 Å². The highest BCUT2D eigenvalue weighted by molar-refractivity contribution is 5.50. The molecule has 18 heavy (non-hydrogen) atoms. The highest BCUT2D eigenvalue weighted by atomic mass is 19.4. The summed E-state index contributed by atoms with van der Waals surface area (Å²) in [7, 11) is 1.89. The topological polar surface area (TPSA) is 15.3 Å². The lowest BCUT2D eigenvalue weighted by Crippen LogP contribution is -2.36. The summed E-state index contributed by atoms with van der Waals surface area (Å²) in [5, 5.41) is 3.12. The molecule has 1 aliphatic heterocycles. The molecule has 1 N–H and O–H groups in total. The molecule has 1 aromatic carbocycles. The van der Waals surface area contributed by atoms with Gasteiger partial charge in [-0.2, -0.15) is 13.2 Å². The highest BCUT2D eigenvalue weighted by Gasteiger charge is 2.31. The average Bonchev–Trinajstić information content (AvgIpc) is 2.77. The van der Waals surface area contributed by atoms with Crippen molar-refractivity contribution < 1.29 is 13.2 Å². The normalized spacial score (nSPS) is 20.4. The Kier molecular flexibility index (Phi) is 3.80. The maximum Gasteiger partial charge on any atom is 0.416 e. The maximum atomic E-state index is 12.5. The Balaban J connectivity index is 2.14. The maximum absolute atomic E-state index is 12.5. The summed E-state index contributed by atoms with van der Waals surface area (Å²) >= 11 is 0. The summed E-state index contributed by atoms with van der Waals surface area (Å²) in [5.41, 5.74) is 0.288. The van der Waals surface area contributed by atoms with E-state index in [1.165, 1.54) is 0 Å². The number of hydrogen-bond donors (Lipinski definition) is 1. The van der Waals surface area contributed by atoms with E-state index in [2.05, 4.69) is 10.2 Å². The third-order valence-electron chi connectivity index (χ3n) is 3.34. The monoisotopic (exact) mass is 258 g/mol. The van der Waals surface area contributed by atoms with E-state index in [1.54, 1.807) is 12.1 Å². The number of hydrogen-bond acceptors (Lipinski definition) is 2. The van der Waals surface area contributed by atoms with E-state index >= 15 is 0 Å². The zero-order chi connectivity index (χ0) is 13.2. The Bertz CT molecular complexity index is 386. The second-order valence-corrected chi connectivity index (χ2v) is 4.59. The Morgan fingerprint density at radius 1 is 1.28 bits per heavy atom. The molecule has 0 spiro atoms. The van der Waals surface area contributed by atoms with E-state index in [-0.39, 0.29) is 0 Å². The summed E-state index contributed by atoms with van der Waals surface area (Å²) in [6.07, 6.45) is -2.08. The van der Waals surface area contributed by atoms with Gasteiger partial charge < -0.3 is 10.2 Å². The summed E-state index contributed by atoms with van der Waals surface area (Å²) in [4.78, 5) is 2.18. The fourth-order valence-electron chi connectivity index (χ4n) is 2.47. The summed E-state index contributed by atoms with van der Waals surface area (Å²) in [5.74, 6) is 0. The molecule has 0 aliphatic carbocycles. The molecule has 1 aromatic rings. The lowest BCUT2D eigenvalue weighted by atomic mass is 10.1. The molecule has 1 heterocycles. The van der Waals surface area contributed by atoms with Crippen LogP contribution in [-0.2, 0) is 6.18 Å². The van der Waals surface area contributed by atoms with Gasteiger partial charge in [-0.15, -0.1) is 0 Å². The van der Waals surface area contributed by atoms with Crippen LogP contribution in [0.25, 0.3) is 0 Å². The molecule has 0 bridgehead atoms. The number of anilines is 1. The molecule has 0 radical (unpaired) electrons. The average molecular weight is 258 g/mol. The van der Waals surface area contributed by atoms with Gasteiger partial charge in [0.05, 0.1) is 5.56 Å². The van der Waals surface area contributed by atoms with Gasteiger partial charge in [-0.3, -0.25) is 0 Å². The van der Waals surface area contributed by atoms with Gasteiger partial charge in [0, 0.05) is 24.8 Å². The molecule has 1 saturated heterocycles. The minimum absolute atomic E-state index is 0.381. The van der Waals surface area contributed by atoms with Crippen LogP contribution >= 0.6 is 0 Å². The molecule has 2 rings (SSSR count). The summed E-state index contributed by atoms with van der Waals surface area (Å²) in [6, 6.07) is 5.83. The van der Waals surface area contributed by atoms with Gasteiger partial charge in [0.15, 0.2) is 0 Å². The largest absolute Gasteiger partial charge is 0.416 e. The van der Waals surface area contributed by atoms with Crippen molar-refractivity contribution in [2.24, 2.45) is 0 Å². The number of benzene rings is 1. The van der Waals surface area contributed by atoms with E-state index in [0.29, 0.717) is 6.04 Å². The van der Waals surface area contributed by atoms with Crippen LogP contribution in [0.3, 0.4) is 0 Å². The molecule has 100 valence electrons. The Morgan fingerprint density at radius 3 is 2.50 bits per heavy atom. The Labute approximate surface area is 105 Å². The van der Waals surface area contributed by atoms with Gasteiger partial charge >= 0.3 is 6.18 Å². The van der Waals surface area contributed by atoms with Crippen molar-refractivity contribution in [2.75, 3.05) is 25.0 Å². The highest BCUT2D eigenvalue weighted by Crippen LogP contribution is 2.32. The number of rotatable bonds is 3. The van der Waals surface area contributed by atoms with E-state index in [0.717, 1.165) is 43.8 Å². The van der Waals surface area contributed by atoms with Crippen molar-refractivity contribution >= 4 is 5.69 Å². The van der Waals surface area contributed by atoms with Crippen LogP contribution in [-0.4, -0.2) is 26.2 Å². The van der Waals surface area contributed by atoms with E-state index in [4.69, 9.17) is 0 Å². The minimum Gasteiger partial charge on any atom is -0.367 e. The van der Waals surface area contributed by atoms with Gasteiger partial charge in [0.1, 0.15) is 0 Å². The number of likely N-dealkylation sites (N-methyl/N-ethyl adjacent to an activating group) is 1. The standard InChI is InChI=1S/C13H17F3N2/c1-17-9-12-3-2-8-18(12)11-6-4-10(5-7-11)13(14,15)16/h4-7,12,17H,2-3,8-9H2,1H3. The van der Waals surface area contributed by atoms with Crippen LogP contribution < -0.4 is 10.2 Å². The van der Waals surface area contributed by atoms with Gasteiger partial charge in [-0.25, -0.2) is 0 Å². The third-order valence-corrected chi connectivity index (χ3v) is 3.34. The molecule has 0 saturated carbocycles. The Morgan fingerprint density at radius 2 is 1.94 bits per heavy atom. The second-order valence-electron chi connectivity index (χ2n) is 4.59. The van der Waals surface area contributed by atoms with Gasteiger partial charge in [0.2, 0.25) is 0 Å². The lowest BCUT2D eigenvalue weighted by Gasteiger charge is -2.27. The predicted octanol–water partition coefficient (Wildman–Crippen LogP) is 2.89. The third kappa shape index (κ3) is 2.77. The lowest BCUT2D eigenvalue weighted by molar-refractivity contribution is -0.137. The minimum atomic E-state index is -4.26. The van der Waals surface area contributed by atoms with Crippen molar-refractivity contribution in [1.82, 2.24) is 5.32 Å². The molecule has 1 atom stereocenters. The Hall–Kier alpha value is -1.23. The SMILES string of the molecule is CNCC1CCCN1c1ccc(C(F)(F)F)cc1. The number of nitrogens with zero attached hydrogens (tertiary/aromatic N) is 1. The van der Waals surface area contributed by atoms with E-state index in [9.17, 15) is 13.2 Å². The number of nitrogens with one attached hydrogen (secondary N) is 1. The molecular formula is C13H17F3N2. The first-order valence-electron chi connectivity index (χ1n) is 6.11. The molecule has 1 fully saturated rings. The molecule has 2 nitrogen and oxygen atoms in total.